The fraction of sp³-hybridized carbons (Fsp3) is 0.312. The van der Waals surface area contributed by atoms with Crippen molar-refractivity contribution in [3.05, 3.63) is 48.2 Å². The molecule has 0 fully saturated rings. The van der Waals surface area contributed by atoms with Crippen LogP contribution in [0.4, 0.5) is 17.2 Å². The molecule has 104 valence electrons. The molecule has 0 saturated carbocycles. The Morgan fingerprint density at radius 3 is 2.50 bits per heavy atom. The standard InChI is InChI=1S/C16H19N3O/c1-12(20)13-7-8-16(17-11-13)19-10-9-18(2)14-5-3-4-6-15(14)19/h3-8,11-12,20H,9-10H2,1-2H3/t12-/m0/s1. The number of aliphatic hydroxyl groups is 1. The molecule has 2 heterocycles. The van der Waals surface area contributed by atoms with Crippen LogP contribution in [0.25, 0.3) is 0 Å². The van der Waals surface area contributed by atoms with Gasteiger partial charge in [0.15, 0.2) is 0 Å². The quantitative estimate of drug-likeness (QED) is 0.910. The van der Waals surface area contributed by atoms with Gasteiger partial charge < -0.3 is 14.9 Å². The van der Waals surface area contributed by atoms with Gasteiger partial charge in [0.05, 0.1) is 17.5 Å². The zero-order chi connectivity index (χ0) is 14.1. The first-order valence-electron chi connectivity index (χ1n) is 6.88. The normalized spacial score (nSPS) is 15.9. The summed E-state index contributed by atoms with van der Waals surface area (Å²) in [5, 5.41) is 9.56. The lowest BCUT2D eigenvalue weighted by atomic mass is 10.1. The van der Waals surface area contributed by atoms with E-state index in [0.717, 1.165) is 24.5 Å². The Balaban J connectivity index is 1.97. The minimum atomic E-state index is -0.476. The number of nitrogens with zero attached hydrogens (tertiary/aromatic N) is 3. The number of pyridine rings is 1. The van der Waals surface area contributed by atoms with E-state index in [9.17, 15) is 5.11 Å². The topological polar surface area (TPSA) is 39.6 Å². The van der Waals surface area contributed by atoms with Crippen LogP contribution in [0.3, 0.4) is 0 Å². The highest BCUT2D eigenvalue weighted by Gasteiger charge is 2.21. The van der Waals surface area contributed by atoms with Crippen LogP contribution in [0.15, 0.2) is 42.6 Å². The summed E-state index contributed by atoms with van der Waals surface area (Å²) in [6.07, 6.45) is 1.28. The second-order valence-corrected chi connectivity index (χ2v) is 5.19. The maximum absolute atomic E-state index is 9.56. The summed E-state index contributed by atoms with van der Waals surface area (Å²) in [5.41, 5.74) is 3.25. The predicted octanol–water partition coefficient (Wildman–Crippen LogP) is 2.72. The molecule has 4 heteroatoms. The van der Waals surface area contributed by atoms with Crippen LogP contribution in [0.5, 0.6) is 0 Å². The minimum absolute atomic E-state index is 0.476. The van der Waals surface area contributed by atoms with Gasteiger partial charge in [-0.2, -0.15) is 0 Å². The zero-order valence-corrected chi connectivity index (χ0v) is 11.8. The van der Waals surface area contributed by atoms with Gasteiger partial charge in [0.1, 0.15) is 5.82 Å². The molecule has 2 aromatic rings. The van der Waals surface area contributed by atoms with Crippen LogP contribution in [0, 0.1) is 0 Å². The Labute approximate surface area is 119 Å². The Kier molecular flexibility index (Phi) is 3.32. The minimum Gasteiger partial charge on any atom is -0.389 e. The van der Waals surface area contributed by atoms with Gasteiger partial charge in [0, 0.05) is 26.3 Å². The molecule has 0 aliphatic carbocycles. The molecule has 1 atom stereocenters. The molecule has 0 saturated heterocycles. The highest BCUT2D eigenvalue weighted by Crippen LogP contribution is 2.35. The SMILES string of the molecule is C[C@H](O)c1ccc(N2CCN(C)c3ccccc32)nc1. The molecule has 1 aliphatic heterocycles. The van der Waals surface area contributed by atoms with Crippen molar-refractivity contribution in [3.8, 4) is 0 Å². The third-order valence-corrected chi connectivity index (χ3v) is 3.77. The van der Waals surface area contributed by atoms with Crippen molar-refractivity contribution in [2.24, 2.45) is 0 Å². The average molecular weight is 269 g/mol. The van der Waals surface area contributed by atoms with E-state index in [1.165, 1.54) is 11.4 Å². The average Bonchev–Trinajstić information content (AvgIpc) is 2.48. The van der Waals surface area contributed by atoms with Crippen molar-refractivity contribution in [1.82, 2.24) is 4.98 Å². The Hall–Kier alpha value is -2.07. The van der Waals surface area contributed by atoms with Gasteiger partial charge >= 0.3 is 0 Å². The van der Waals surface area contributed by atoms with E-state index in [0.29, 0.717) is 0 Å². The molecule has 0 unspecified atom stereocenters. The maximum Gasteiger partial charge on any atom is 0.133 e. The van der Waals surface area contributed by atoms with Crippen LogP contribution in [-0.2, 0) is 0 Å². The van der Waals surface area contributed by atoms with E-state index in [1.54, 1.807) is 13.1 Å². The fourth-order valence-corrected chi connectivity index (χ4v) is 2.55. The molecule has 3 rings (SSSR count). The van der Waals surface area contributed by atoms with Gasteiger partial charge in [-0.15, -0.1) is 0 Å². The highest BCUT2D eigenvalue weighted by atomic mass is 16.3. The monoisotopic (exact) mass is 269 g/mol. The number of aliphatic hydroxyl groups excluding tert-OH is 1. The van der Waals surface area contributed by atoms with Crippen molar-refractivity contribution in [2.45, 2.75) is 13.0 Å². The van der Waals surface area contributed by atoms with Gasteiger partial charge in [-0.1, -0.05) is 18.2 Å². The lowest BCUT2D eigenvalue weighted by molar-refractivity contribution is 0.199. The summed E-state index contributed by atoms with van der Waals surface area (Å²) in [6.45, 7) is 3.63. The van der Waals surface area contributed by atoms with E-state index >= 15 is 0 Å². The summed E-state index contributed by atoms with van der Waals surface area (Å²) in [5.74, 6) is 0.926. The number of anilines is 3. The Bertz CT molecular complexity index is 595. The van der Waals surface area contributed by atoms with E-state index in [1.807, 2.05) is 12.1 Å². The molecular formula is C16H19N3O. The molecule has 1 aromatic heterocycles. The molecule has 4 nitrogen and oxygen atoms in total. The number of aromatic nitrogens is 1. The number of likely N-dealkylation sites (N-methyl/N-ethyl adjacent to an activating group) is 1. The van der Waals surface area contributed by atoms with Gasteiger partial charge in [-0.05, 0) is 30.7 Å². The lowest BCUT2D eigenvalue weighted by Crippen LogP contribution is -2.36. The second-order valence-electron chi connectivity index (χ2n) is 5.19. The van der Waals surface area contributed by atoms with E-state index in [-0.39, 0.29) is 0 Å². The lowest BCUT2D eigenvalue weighted by Gasteiger charge is -2.36. The molecule has 0 spiro atoms. The first-order chi connectivity index (χ1) is 9.66. The largest absolute Gasteiger partial charge is 0.389 e. The van der Waals surface area contributed by atoms with Crippen LogP contribution < -0.4 is 9.80 Å². The van der Waals surface area contributed by atoms with Crippen LogP contribution in [-0.4, -0.2) is 30.2 Å². The molecule has 1 N–H and O–H groups in total. The first kappa shape index (κ1) is 12.9. The summed E-state index contributed by atoms with van der Waals surface area (Å²) in [4.78, 5) is 8.98. The van der Waals surface area contributed by atoms with Crippen molar-refractivity contribution < 1.29 is 5.11 Å². The van der Waals surface area contributed by atoms with E-state index in [2.05, 4.69) is 46.1 Å². The summed E-state index contributed by atoms with van der Waals surface area (Å²) in [6, 6.07) is 12.3. The fourth-order valence-electron chi connectivity index (χ4n) is 2.55. The summed E-state index contributed by atoms with van der Waals surface area (Å²) >= 11 is 0. The number of hydrogen-bond acceptors (Lipinski definition) is 4. The summed E-state index contributed by atoms with van der Waals surface area (Å²) < 4.78 is 0. The number of para-hydroxylation sites is 2. The molecular weight excluding hydrogens is 250 g/mol. The number of benzene rings is 1. The van der Waals surface area contributed by atoms with Gasteiger partial charge in [-0.25, -0.2) is 4.98 Å². The maximum atomic E-state index is 9.56. The van der Waals surface area contributed by atoms with Crippen molar-refractivity contribution in [1.29, 1.82) is 0 Å². The Morgan fingerprint density at radius 1 is 1.10 bits per heavy atom. The van der Waals surface area contributed by atoms with Crippen LogP contribution in [0.1, 0.15) is 18.6 Å². The number of rotatable bonds is 2. The molecule has 20 heavy (non-hydrogen) atoms. The Morgan fingerprint density at radius 2 is 1.85 bits per heavy atom. The van der Waals surface area contributed by atoms with Gasteiger partial charge in [-0.3, -0.25) is 0 Å². The van der Waals surface area contributed by atoms with Gasteiger partial charge in [0.25, 0.3) is 0 Å². The van der Waals surface area contributed by atoms with E-state index in [4.69, 9.17) is 0 Å². The van der Waals surface area contributed by atoms with Crippen molar-refractivity contribution in [2.75, 3.05) is 29.9 Å². The predicted molar refractivity (Wildman–Crippen MR) is 81.6 cm³/mol. The van der Waals surface area contributed by atoms with Crippen molar-refractivity contribution in [3.63, 3.8) is 0 Å². The molecule has 1 aromatic carbocycles. The van der Waals surface area contributed by atoms with Crippen LogP contribution >= 0.6 is 0 Å². The molecule has 0 bridgehead atoms. The molecule has 0 radical (unpaired) electrons. The second kappa shape index (κ2) is 5.13. The van der Waals surface area contributed by atoms with E-state index < -0.39 is 6.10 Å². The highest BCUT2D eigenvalue weighted by molar-refractivity contribution is 5.78. The third-order valence-electron chi connectivity index (χ3n) is 3.77. The molecule has 0 amide bonds. The number of hydrogen-bond donors (Lipinski definition) is 1. The van der Waals surface area contributed by atoms with Crippen LogP contribution in [0.2, 0.25) is 0 Å². The first-order valence-corrected chi connectivity index (χ1v) is 6.88. The molecule has 1 aliphatic rings. The number of fused-ring (bicyclic) bond motifs is 1. The zero-order valence-electron chi connectivity index (χ0n) is 11.8. The van der Waals surface area contributed by atoms with Crippen molar-refractivity contribution >= 4 is 17.2 Å². The summed E-state index contributed by atoms with van der Waals surface area (Å²) in [7, 11) is 2.11. The van der Waals surface area contributed by atoms with Gasteiger partial charge in [0.2, 0.25) is 0 Å². The third kappa shape index (κ3) is 2.23. The smallest absolute Gasteiger partial charge is 0.133 e.